The number of nitrogens with zero attached hydrogens (tertiary/aromatic N) is 1. The maximum Gasteiger partial charge on any atom is 0.317 e. The SMILES string of the molecule is CS(=O)(=O)N[C@@H]1CCCN(C(=O)NC[C@H]2CCCO2)C1. The third-order valence-corrected chi connectivity index (χ3v) is 4.36. The molecule has 0 aromatic carbocycles. The lowest BCUT2D eigenvalue weighted by atomic mass is 10.1. The van der Waals surface area contributed by atoms with Crippen molar-refractivity contribution in [2.45, 2.75) is 37.8 Å². The summed E-state index contributed by atoms with van der Waals surface area (Å²) in [4.78, 5) is 13.7. The van der Waals surface area contributed by atoms with Gasteiger partial charge in [0.1, 0.15) is 0 Å². The van der Waals surface area contributed by atoms with Crippen LogP contribution in [0.15, 0.2) is 0 Å². The van der Waals surface area contributed by atoms with Gasteiger partial charge in [0.15, 0.2) is 0 Å². The quantitative estimate of drug-likeness (QED) is 0.758. The van der Waals surface area contributed by atoms with Crippen LogP contribution < -0.4 is 10.0 Å². The van der Waals surface area contributed by atoms with E-state index in [1.165, 1.54) is 0 Å². The molecule has 0 aromatic rings. The molecule has 2 fully saturated rings. The molecule has 2 amide bonds. The minimum Gasteiger partial charge on any atom is -0.376 e. The topological polar surface area (TPSA) is 87.7 Å². The third kappa shape index (κ3) is 4.92. The number of likely N-dealkylation sites (tertiary alicyclic amines) is 1. The van der Waals surface area contributed by atoms with Gasteiger partial charge in [-0.1, -0.05) is 0 Å². The Labute approximate surface area is 120 Å². The summed E-state index contributed by atoms with van der Waals surface area (Å²) < 4.78 is 30.5. The molecule has 7 nitrogen and oxygen atoms in total. The molecule has 0 saturated carbocycles. The number of piperidine rings is 1. The van der Waals surface area contributed by atoms with Crippen LogP contribution in [-0.4, -0.2) is 64.0 Å². The molecule has 2 heterocycles. The lowest BCUT2D eigenvalue weighted by Crippen LogP contribution is -2.52. The third-order valence-electron chi connectivity index (χ3n) is 3.59. The van der Waals surface area contributed by atoms with Gasteiger partial charge in [-0.3, -0.25) is 0 Å². The van der Waals surface area contributed by atoms with Gasteiger partial charge in [-0.05, 0) is 25.7 Å². The van der Waals surface area contributed by atoms with Crippen molar-refractivity contribution in [2.24, 2.45) is 0 Å². The maximum absolute atomic E-state index is 12.0. The number of carbonyl (C=O) groups excluding carboxylic acids is 1. The summed E-state index contributed by atoms with van der Waals surface area (Å²) >= 11 is 0. The summed E-state index contributed by atoms with van der Waals surface area (Å²) in [5.74, 6) is 0. The molecule has 0 aromatic heterocycles. The van der Waals surface area contributed by atoms with Gasteiger partial charge in [-0.2, -0.15) is 0 Å². The standard InChI is InChI=1S/C12H23N3O4S/c1-20(17,18)14-10-4-2-6-15(9-10)12(16)13-8-11-5-3-7-19-11/h10-11,14H,2-9H2,1H3,(H,13,16)/t10-,11-/m1/s1. The van der Waals surface area contributed by atoms with Gasteiger partial charge < -0.3 is 15.0 Å². The highest BCUT2D eigenvalue weighted by atomic mass is 32.2. The number of carbonyl (C=O) groups is 1. The van der Waals surface area contributed by atoms with Crippen molar-refractivity contribution >= 4 is 16.1 Å². The average molecular weight is 305 g/mol. The zero-order valence-corrected chi connectivity index (χ0v) is 12.6. The van der Waals surface area contributed by atoms with Gasteiger partial charge in [0.2, 0.25) is 10.0 Å². The normalized spacial score (nSPS) is 27.6. The van der Waals surface area contributed by atoms with E-state index in [-0.39, 0.29) is 18.2 Å². The number of hydrogen-bond donors (Lipinski definition) is 2. The second-order valence-electron chi connectivity index (χ2n) is 5.50. The van der Waals surface area contributed by atoms with Crippen LogP contribution >= 0.6 is 0 Å². The number of amides is 2. The summed E-state index contributed by atoms with van der Waals surface area (Å²) in [7, 11) is -3.23. The molecule has 2 aliphatic rings. The predicted molar refractivity (Wildman–Crippen MR) is 74.9 cm³/mol. The molecule has 0 unspecified atom stereocenters. The summed E-state index contributed by atoms with van der Waals surface area (Å²) in [6.45, 7) is 2.38. The first-order valence-corrected chi connectivity index (χ1v) is 8.95. The number of rotatable bonds is 4. The van der Waals surface area contributed by atoms with E-state index >= 15 is 0 Å². The molecule has 2 saturated heterocycles. The largest absolute Gasteiger partial charge is 0.376 e. The van der Waals surface area contributed by atoms with Crippen molar-refractivity contribution in [1.29, 1.82) is 0 Å². The van der Waals surface area contributed by atoms with Gasteiger partial charge in [-0.25, -0.2) is 17.9 Å². The highest BCUT2D eigenvalue weighted by Crippen LogP contribution is 2.13. The van der Waals surface area contributed by atoms with Crippen molar-refractivity contribution in [3.8, 4) is 0 Å². The number of urea groups is 1. The van der Waals surface area contributed by atoms with Crippen LogP contribution in [0.3, 0.4) is 0 Å². The fourth-order valence-electron chi connectivity index (χ4n) is 2.68. The summed E-state index contributed by atoms with van der Waals surface area (Å²) in [5.41, 5.74) is 0. The molecule has 2 aliphatic heterocycles. The zero-order chi connectivity index (χ0) is 14.6. The fraction of sp³-hybridized carbons (Fsp3) is 0.917. The number of ether oxygens (including phenoxy) is 1. The fourth-order valence-corrected chi connectivity index (χ4v) is 3.48. The molecule has 2 N–H and O–H groups in total. The highest BCUT2D eigenvalue weighted by Gasteiger charge is 2.26. The molecule has 0 radical (unpaired) electrons. The van der Waals surface area contributed by atoms with E-state index in [2.05, 4.69) is 10.0 Å². The van der Waals surface area contributed by atoms with Gasteiger partial charge in [0.25, 0.3) is 0 Å². The van der Waals surface area contributed by atoms with Gasteiger partial charge in [0.05, 0.1) is 12.4 Å². The van der Waals surface area contributed by atoms with Crippen LogP contribution in [0.5, 0.6) is 0 Å². The Morgan fingerprint density at radius 3 is 2.80 bits per heavy atom. The second kappa shape index (κ2) is 6.73. The molecular weight excluding hydrogens is 282 g/mol. The molecule has 20 heavy (non-hydrogen) atoms. The first-order chi connectivity index (χ1) is 9.44. The number of sulfonamides is 1. The van der Waals surface area contributed by atoms with E-state index < -0.39 is 10.0 Å². The van der Waals surface area contributed by atoms with Gasteiger partial charge >= 0.3 is 6.03 Å². The van der Waals surface area contributed by atoms with E-state index in [1.54, 1.807) is 4.90 Å². The van der Waals surface area contributed by atoms with E-state index in [9.17, 15) is 13.2 Å². The Morgan fingerprint density at radius 2 is 2.15 bits per heavy atom. The van der Waals surface area contributed by atoms with Crippen LogP contribution in [0.1, 0.15) is 25.7 Å². The molecule has 2 atom stereocenters. The molecule has 0 bridgehead atoms. The minimum atomic E-state index is -3.23. The number of hydrogen-bond acceptors (Lipinski definition) is 4. The minimum absolute atomic E-state index is 0.119. The monoisotopic (exact) mass is 305 g/mol. The van der Waals surface area contributed by atoms with Crippen molar-refractivity contribution < 1.29 is 17.9 Å². The van der Waals surface area contributed by atoms with Crippen LogP contribution in [-0.2, 0) is 14.8 Å². The van der Waals surface area contributed by atoms with Gasteiger partial charge in [0, 0.05) is 32.3 Å². The number of nitrogens with one attached hydrogen (secondary N) is 2. The Hall–Kier alpha value is -0.860. The Morgan fingerprint density at radius 1 is 1.35 bits per heavy atom. The molecule has 2 rings (SSSR count). The van der Waals surface area contributed by atoms with Crippen molar-refractivity contribution in [3.05, 3.63) is 0 Å². The van der Waals surface area contributed by atoms with Gasteiger partial charge in [-0.15, -0.1) is 0 Å². The smallest absolute Gasteiger partial charge is 0.317 e. The molecular formula is C12H23N3O4S. The van der Waals surface area contributed by atoms with Crippen LogP contribution in [0, 0.1) is 0 Å². The van der Waals surface area contributed by atoms with E-state index in [0.29, 0.717) is 19.6 Å². The predicted octanol–water partition coefficient (Wildman–Crippen LogP) is -0.111. The lowest BCUT2D eigenvalue weighted by Gasteiger charge is -2.33. The average Bonchev–Trinajstić information content (AvgIpc) is 2.87. The molecule has 0 aliphatic carbocycles. The molecule has 116 valence electrons. The van der Waals surface area contributed by atoms with Crippen molar-refractivity contribution in [3.63, 3.8) is 0 Å². The Kier molecular flexibility index (Phi) is 5.22. The maximum atomic E-state index is 12.0. The van der Waals surface area contributed by atoms with Crippen LogP contribution in [0.2, 0.25) is 0 Å². The van der Waals surface area contributed by atoms with E-state index in [0.717, 1.165) is 38.5 Å². The second-order valence-corrected chi connectivity index (χ2v) is 7.28. The molecule has 8 heteroatoms. The first kappa shape index (κ1) is 15.5. The van der Waals surface area contributed by atoms with Crippen LogP contribution in [0.25, 0.3) is 0 Å². The molecule has 0 spiro atoms. The lowest BCUT2D eigenvalue weighted by molar-refractivity contribution is 0.107. The summed E-state index contributed by atoms with van der Waals surface area (Å²) in [6, 6.07) is -0.326. The summed E-state index contributed by atoms with van der Waals surface area (Å²) in [6.07, 6.45) is 4.86. The first-order valence-electron chi connectivity index (χ1n) is 7.06. The van der Waals surface area contributed by atoms with E-state index in [1.807, 2.05) is 0 Å². The zero-order valence-electron chi connectivity index (χ0n) is 11.8. The van der Waals surface area contributed by atoms with Crippen LogP contribution in [0.4, 0.5) is 4.79 Å². The van der Waals surface area contributed by atoms with E-state index in [4.69, 9.17) is 4.74 Å². The summed E-state index contributed by atoms with van der Waals surface area (Å²) in [5, 5.41) is 2.86. The Bertz CT molecular complexity index is 434. The van der Waals surface area contributed by atoms with Crippen molar-refractivity contribution in [1.82, 2.24) is 14.9 Å². The highest BCUT2D eigenvalue weighted by molar-refractivity contribution is 7.88. The Balaban J connectivity index is 1.77. The van der Waals surface area contributed by atoms with Crippen molar-refractivity contribution in [2.75, 3.05) is 32.5 Å².